The van der Waals surface area contributed by atoms with Gasteiger partial charge in [-0.05, 0) is 61.2 Å². The topological polar surface area (TPSA) is 98.2 Å². The Kier molecular flexibility index (Phi) is 6.45. The lowest BCUT2D eigenvalue weighted by Gasteiger charge is -2.36. The van der Waals surface area contributed by atoms with Crippen LogP contribution in [0.4, 0.5) is 11.4 Å². The maximum Gasteiger partial charge on any atom is 0.303 e. The summed E-state index contributed by atoms with van der Waals surface area (Å²) >= 11 is 0. The van der Waals surface area contributed by atoms with Crippen LogP contribution in [0.3, 0.4) is 0 Å². The Labute approximate surface area is 194 Å². The summed E-state index contributed by atoms with van der Waals surface area (Å²) in [5.74, 6) is -1.27. The molecule has 8 nitrogen and oxygen atoms in total. The second kappa shape index (κ2) is 9.15. The molecule has 0 bridgehead atoms. The number of hydrogen-bond donors (Lipinski definition) is 1. The van der Waals surface area contributed by atoms with Gasteiger partial charge in [0, 0.05) is 50.5 Å². The van der Waals surface area contributed by atoms with Crippen molar-refractivity contribution in [2.75, 3.05) is 42.5 Å². The van der Waals surface area contributed by atoms with Crippen LogP contribution in [0, 0.1) is 13.8 Å². The van der Waals surface area contributed by atoms with Crippen LogP contribution in [0.15, 0.2) is 41.3 Å². The molecule has 2 aromatic rings. The quantitative estimate of drug-likeness (QED) is 0.695. The summed E-state index contributed by atoms with van der Waals surface area (Å²) in [5.41, 5.74) is 4.98. The first-order valence-corrected chi connectivity index (χ1v) is 12.6. The molecule has 1 N–H and O–H groups in total. The van der Waals surface area contributed by atoms with Crippen molar-refractivity contribution >= 4 is 33.3 Å². The van der Waals surface area contributed by atoms with Gasteiger partial charge in [-0.25, -0.2) is 8.42 Å². The summed E-state index contributed by atoms with van der Waals surface area (Å²) in [7, 11) is -3.64. The normalized spacial score (nSPS) is 16.7. The van der Waals surface area contributed by atoms with Crippen LogP contribution in [0.1, 0.15) is 29.5 Å². The van der Waals surface area contributed by atoms with E-state index in [2.05, 4.69) is 36.9 Å². The molecule has 1 amide bonds. The van der Waals surface area contributed by atoms with E-state index in [0.29, 0.717) is 44.8 Å². The molecule has 0 unspecified atom stereocenters. The monoisotopic (exact) mass is 471 g/mol. The van der Waals surface area contributed by atoms with Crippen molar-refractivity contribution in [2.24, 2.45) is 0 Å². The van der Waals surface area contributed by atoms with Crippen LogP contribution in [0.25, 0.3) is 0 Å². The Hall–Kier alpha value is -2.91. The smallest absolute Gasteiger partial charge is 0.303 e. The van der Waals surface area contributed by atoms with Crippen molar-refractivity contribution in [3.05, 3.63) is 53.1 Å². The summed E-state index contributed by atoms with van der Waals surface area (Å²) in [6.45, 7) is 6.63. The van der Waals surface area contributed by atoms with Crippen LogP contribution in [0.2, 0.25) is 0 Å². The number of aryl methyl sites for hydroxylation is 2. The fourth-order valence-corrected chi connectivity index (χ4v) is 6.00. The van der Waals surface area contributed by atoms with Gasteiger partial charge in [0.15, 0.2) is 0 Å². The number of rotatable bonds is 6. The molecule has 0 spiro atoms. The Morgan fingerprint density at radius 1 is 0.909 bits per heavy atom. The van der Waals surface area contributed by atoms with Gasteiger partial charge in [-0.3, -0.25) is 9.59 Å². The minimum absolute atomic E-state index is 0.0699. The number of fused-ring (bicyclic) bond motifs is 1. The van der Waals surface area contributed by atoms with E-state index in [0.717, 1.165) is 11.3 Å². The van der Waals surface area contributed by atoms with Crippen molar-refractivity contribution in [3.63, 3.8) is 0 Å². The molecule has 2 aliphatic rings. The molecular weight excluding hydrogens is 442 g/mol. The van der Waals surface area contributed by atoms with E-state index in [1.54, 1.807) is 23.1 Å². The Morgan fingerprint density at radius 2 is 1.64 bits per heavy atom. The number of hydrogen-bond acceptors (Lipinski definition) is 5. The number of nitrogens with zero attached hydrogens (tertiary/aromatic N) is 3. The number of aliphatic carboxylic acids is 1. The summed E-state index contributed by atoms with van der Waals surface area (Å²) in [6, 6.07) is 11.2. The third-order valence-corrected chi connectivity index (χ3v) is 8.28. The lowest BCUT2D eigenvalue weighted by Crippen LogP contribution is -2.48. The largest absolute Gasteiger partial charge is 0.481 e. The van der Waals surface area contributed by atoms with Crippen molar-refractivity contribution in [3.8, 4) is 0 Å². The van der Waals surface area contributed by atoms with Crippen LogP contribution in [-0.4, -0.2) is 62.4 Å². The van der Waals surface area contributed by atoms with Gasteiger partial charge in [0.05, 0.1) is 11.3 Å². The first kappa shape index (κ1) is 23.3. The summed E-state index contributed by atoms with van der Waals surface area (Å²) in [5, 5.41) is 8.81. The van der Waals surface area contributed by atoms with E-state index in [4.69, 9.17) is 5.11 Å². The van der Waals surface area contributed by atoms with E-state index < -0.39 is 16.0 Å². The number of piperazine rings is 1. The molecule has 2 heterocycles. The zero-order valence-electron chi connectivity index (χ0n) is 19.0. The number of anilines is 2. The zero-order chi connectivity index (χ0) is 23.8. The van der Waals surface area contributed by atoms with Crippen LogP contribution in [0.5, 0.6) is 0 Å². The highest BCUT2D eigenvalue weighted by Crippen LogP contribution is 2.32. The minimum Gasteiger partial charge on any atom is -0.481 e. The van der Waals surface area contributed by atoms with Crippen molar-refractivity contribution < 1.29 is 23.1 Å². The number of amides is 1. The van der Waals surface area contributed by atoms with Gasteiger partial charge in [0.1, 0.15) is 0 Å². The fourth-order valence-electron chi connectivity index (χ4n) is 4.53. The van der Waals surface area contributed by atoms with Crippen molar-refractivity contribution in [1.82, 2.24) is 4.31 Å². The van der Waals surface area contributed by atoms with Gasteiger partial charge in [-0.2, -0.15) is 4.31 Å². The maximum absolute atomic E-state index is 13.3. The molecule has 2 aliphatic heterocycles. The minimum atomic E-state index is -3.64. The van der Waals surface area contributed by atoms with E-state index in [-0.39, 0.29) is 23.6 Å². The van der Waals surface area contributed by atoms with E-state index in [1.165, 1.54) is 15.4 Å². The molecule has 9 heteroatoms. The molecule has 0 aliphatic carbocycles. The standard InChI is InChI=1S/C24H29N3O5S/c1-17-3-4-18(2)22(15-17)25-11-13-26(14-12-25)33(31,32)20-5-6-21-19(16-20)9-10-27(21)23(28)7-8-24(29)30/h3-6,15-16H,7-14H2,1-2H3,(H,29,30). The predicted molar refractivity (Wildman–Crippen MR) is 126 cm³/mol. The molecule has 1 saturated heterocycles. The Balaban J connectivity index is 1.46. The van der Waals surface area contributed by atoms with Gasteiger partial charge in [0.25, 0.3) is 0 Å². The lowest BCUT2D eigenvalue weighted by molar-refractivity contribution is -0.138. The second-order valence-corrected chi connectivity index (χ2v) is 10.6. The first-order chi connectivity index (χ1) is 15.7. The Bertz CT molecular complexity index is 1190. The fraction of sp³-hybridized carbons (Fsp3) is 0.417. The molecule has 0 saturated carbocycles. The number of carboxylic acid groups (broad SMARTS) is 1. The molecule has 0 atom stereocenters. The van der Waals surface area contributed by atoms with Gasteiger partial charge < -0.3 is 14.9 Å². The summed E-state index contributed by atoms with van der Waals surface area (Å²) in [4.78, 5) is 27.1. The third kappa shape index (κ3) is 4.74. The molecule has 0 radical (unpaired) electrons. The molecule has 33 heavy (non-hydrogen) atoms. The van der Waals surface area contributed by atoms with E-state index >= 15 is 0 Å². The predicted octanol–water partition coefficient (Wildman–Crippen LogP) is 2.57. The third-order valence-electron chi connectivity index (χ3n) is 6.38. The molecular formula is C24H29N3O5S. The first-order valence-electron chi connectivity index (χ1n) is 11.1. The zero-order valence-corrected chi connectivity index (χ0v) is 19.8. The van der Waals surface area contributed by atoms with Gasteiger partial charge in [-0.15, -0.1) is 0 Å². The highest BCUT2D eigenvalue weighted by Gasteiger charge is 2.31. The van der Waals surface area contributed by atoms with E-state index in [9.17, 15) is 18.0 Å². The van der Waals surface area contributed by atoms with Crippen LogP contribution in [-0.2, 0) is 26.0 Å². The molecule has 176 valence electrons. The summed E-state index contributed by atoms with van der Waals surface area (Å²) < 4.78 is 28.1. The second-order valence-electron chi connectivity index (χ2n) is 8.66. The number of carbonyl (C=O) groups is 2. The molecule has 0 aromatic heterocycles. The number of carboxylic acids is 1. The SMILES string of the molecule is Cc1ccc(C)c(N2CCN(S(=O)(=O)c3ccc4c(c3)CCN4C(=O)CCC(=O)O)CC2)c1. The highest BCUT2D eigenvalue weighted by molar-refractivity contribution is 7.89. The average molecular weight is 472 g/mol. The van der Waals surface area contributed by atoms with Gasteiger partial charge in [0.2, 0.25) is 15.9 Å². The number of benzene rings is 2. The molecule has 1 fully saturated rings. The molecule has 4 rings (SSSR count). The van der Waals surface area contributed by atoms with Gasteiger partial charge >= 0.3 is 5.97 Å². The van der Waals surface area contributed by atoms with Gasteiger partial charge in [-0.1, -0.05) is 12.1 Å². The number of sulfonamides is 1. The lowest BCUT2D eigenvalue weighted by atomic mass is 10.1. The number of carbonyl (C=O) groups excluding carboxylic acids is 1. The highest BCUT2D eigenvalue weighted by atomic mass is 32.2. The Morgan fingerprint density at radius 3 is 2.33 bits per heavy atom. The van der Waals surface area contributed by atoms with E-state index in [1.807, 2.05) is 0 Å². The van der Waals surface area contributed by atoms with Crippen molar-refractivity contribution in [2.45, 2.75) is 38.0 Å². The summed E-state index contributed by atoms with van der Waals surface area (Å²) in [6.07, 6.45) is 0.266. The van der Waals surface area contributed by atoms with Crippen molar-refractivity contribution in [1.29, 1.82) is 0 Å². The molecule has 2 aromatic carbocycles. The van der Waals surface area contributed by atoms with Crippen LogP contribution < -0.4 is 9.80 Å². The maximum atomic E-state index is 13.3. The van der Waals surface area contributed by atoms with Crippen LogP contribution >= 0.6 is 0 Å². The average Bonchev–Trinajstić information content (AvgIpc) is 3.22.